The van der Waals surface area contributed by atoms with E-state index in [1.165, 1.54) is 14.2 Å². The van der Waals surface area contributed by atoms with Gasteiger partial charge in [-0.15, -0.1) is 0 Å². The van der Waals surface area contributed by atoms with Gasteiger partial charge in [0.15, 0.2) is 11.5 Å². The standard InChI is InChI=1S/C17H26O9/c1-23-10-6-9(4-3-5-18)7-11(24-2)16(10)26-17-15(22)14(21)13(20)12(8-19)25-17/h6-7,12-15,17-22H,3-5,8H2,1-2H3/t12-,13-,14+,15-,17+/m1/s1. The lowest BCUT2D eigenvalue weighted by Crippen LogP contribution is -2.60. The molecule has 5 atom stereocenters. The molecular weight excluding hydrogens is 348 g/mol. The van der Waals surface area contributed by atoms with Gasteiger partial charge in [0.1, 0.15) is 24.4 Å². The zero-order chi connectivity index (χ0) is 19.3. The summed E-state index contributed by atoms with van der Waals surface area (Å²) in [6.07, 6.45) is -5.83. The summed E-state index contributed by atoms with van der Waals surface area (Å²) in [6.45, 7) is -0.507. The van der Waals surface area contributed by atoms with Gasteiger partial charge in [-0.05, 0) is 30.5 Å². The lowest BCUT2D eigenvalue weighted by atomic mass is 9.99. The Kier molecular flexibility index (Phi) is 7.44. The Morgan fingerprint density at radius 1 is 0.962 bits per heavy atom. The molecule has 1 heterocycles. The highest BCUT2D eigenvalue weighted by molar-refractivity contribution is 5.54. The number of aryl methyl sites for hydroxylation is 1. The summed E-state index contributed by atoms with van der Waals surface area (Å²) < 4.78 is 21.7. The normalized spacial score (nSPS) is 28.7. The number of aliphatic hydroxyl groups excluding tert-OH is 5. The summed E-state index contributed by atoms with van der Waals surface area (Å²) in [5.41, 5.74) is 0.855. The van der Waals surface area contributed by atoms with Crippen molar-refractivity contribution in [3.05, 3.63) is 17.7 Å². The molecule has 0 saturated carbocycles. The van der Waals surface area contributed by atoms with Crippen molar-refractivity contribution in [1.29, 1.82) is 0 Å². The maximum absolute atomic E-state index is 10.1. The molecule has 1 aromatic rings. The molecule has 5 N–H and O–H groups in total. The molecular formula is C17H26O9. The average Bonchev–Trinajstić information content (AvgIpc) is 2.66. The third kappa shape index (κ3) is 4.37. The van der Waals surface area contributed by atoms with Crippen LogP contribution in [-0.4, -0.2) is 83.7 Å². The van der Waals surface area contributed by atoms with E-state index in [2.05, 4.69) is 0 Å². The van der Waals surface area contributed by atoms with Crippen LogP contribution in [0.3, 0.4) is 0 Å². The molecule has 1 fully saturated rings. The Labute approximate surface area is 151 Å². The highest BCUT2D eigenvalue weighted by Crippen LogP contribution is 2.40. The van der Waals surface area contributed by atoms with Crippen molar-refractivity contribution in [1.82, 2.24) is 0 Å². The fourth-order valence-corrected chi connectivity index (χ4v) is 2.76. The second kappa shape index (κ2) is 9.36. The smallest absolute Gasteiger partial charge is 0.229 e. The van der Waals surface area contributed by atoms with Gasteiger partial charge in [-0.3, -0.25) is 0 Å². The molecule has 1 aliphatic rings. The number of aliphatic hydroxyl groups is 5. The van der Waals surface area contributed by atoms with Crippen LogP contribution in [0.2, 0.25) is 0 Å². The van der Waals surface area contributed by atoms with Gasteiger partial charge in [-0.25, -0.2) is 0 Å². The van der Waals surface area contributed by atoms with Crippen LogP contribution in [0.1, 0.15) is 12.0 Å². The first-order valence-corrected chi connectivity index (χ1v) is 8.29. The predicted molar refractivity (Wildman–Crippen MR) is 89.3 cm³/mol. The summed E-state index contributed by atoms with van der Waals surface area (Å²) in [4.78, 5) is 0. The third-order valence-electron chi connectivity index (χ3n) is 4.23. The molecule has 2 rings (SSSR count). The first-order valence-electron chi connectivity index (χ1n) is 8.29. The van der Waals surface area contributed by atoms with Crippen molar-refractivity contribution in [2.45, 2.75) is 43.5 Å². The summed E-state index contributed by atoms with van der Waals surface area (Å²) in [6, 6.07) is 3.41. The van der Waals surface area contributed by atoms with E-state index in [0.29, 0.717) is 24.3 Å². The molecule has 1 saturated heterocycles. The van der Waals surface area contributed by atoms with Gasteiger partial charge in [0.05, 0.1) is 20.8 Å². The minimum Gasteiger partial charge on any atom is -0.493 e. The first-order chi connectivity index (χ1) is 12.5. The molecule has 0 bridgehead atoms. The van der Waals surface area contributed by atoms with Gasteiger partial charge < -0.3 is 44.5 Å². The second-order valence-corrected chi connectivity index (χ2v) is 5.97. The van der Waals surface area contributed by atoms with Crippen LogP contribution in [0.15, 0.2) is 12.1 Å². The fraction of sp³-hybridized carbons (Fsp3) is 0.647. The van der Waals surface area contributed by atoms with E-state index in [0.717, 1.165) is 5.56 Å². The monoisotopic (exact) mass is 374 g/mol. The van der Waals surface area contributed by atoms with E-state index in [4.69, 9.17) is 24.1 Å². The zero-order valence-electron chi connectivity index (χ0n) is 14.7. The largest absolute Gasteiger partial charge is 0.493 e. The maximum Gasteiger partial charge on any atom is 0.229 e. The van der Waals surface area contributed by atoms with E-state index >= 15 is 0 Å². The van der Waals surface area contributed by atoms with Crippen LogP contribution in [0.5, 0.6) is 17.2 Å². The Balaban J connectivity index is 2.29. The average molecular weight is 374 g/mol. The Morgan fingerprint density at radius 2 is 1.58 bits per heavy atom. The molecule has 0 amide bonds. The van der Waals surface area contributed by atoms with Gasteiger partial charge in [0.2, 0.25) is 12.0 Å². The minimum absolute atomic E-state index is 0.0494. The molecule has 9 heteroatoms. The van der Waals surface area contributed by atoms with Crippen molar-refractivity contribution in [2.24, 2.45) is 0 Å². The van der Waals surface area contributed by atoms with E-state index in [1.807, 2.05) is 0 Å². The number of hydrogen-bond donors (Lipinski definition) is 5. The van der Waals surface area contributed by atoms with Crippen LogP contribution in [0.25, 0.3) is 0 Å². The van der Waals surface area contributed by atoms with Gasteiger partial charge in [0.25, 0.3) is 0 Å². The molecule has 0 aromatic heterocycles. The highest BCUT2D eigenvalue weighted by Gasteiger charge is 2.45. The van der Waals surface area contributed by atoms with E-state index in [-0.39, 0.29) is 12.4 Å². The summed E-state index contributed by atoms with van der Waals surface area (Å²) in [5.74, 6) is 0.774. The fourth-order valence-electron chi connectivity index (χ4n) is 2.76. The lowest BCUT2D eigenvalue weighted by Gasteiger charge is -2.39. The van der Waals surface area contributed by atoms with Gasteiger partial charge >= 0.3 is 0 Å². The van der Waals surface area contributed by atoms with Gasteiger partial charge in [0, 0.05) is 6.61 Å². The van der Waals surface area contributed by atoms with E-state index < -0.39 is 37.3 Å². The molecule has 0 spiro atoms. The quantitative estimate of drug-likeness (QED) is 0.380. The van der Waals surface area contributed by atoms with Gasteiger partial charge in [-0.1, -0.05) is 0 Å². The third-order valence-corrected chi connectivity index (χ3v) is 4.23. The number of ether oxygens (including phenoxy) is 4. The highest BCUT2D eigenvalue weighted by atomic mass is 16.7. The summed E-state index contributed by atoms with van der Waals surface area (Å²) >= 11 is 0. The molecule has 148 valence electrons. The predicted octanol–water partition coefficient (Wildman–Crippen LogP) is -1.19. The van der Waals surface area contributed by atoms with Gasteiger partial charge in [-0.2, -0.15) is 0 Å². The van der Waals surface area contributed by atoms with Crippen molar-refractivity contribution >= 4 is 0 Å². The second-order valence-electron chi connectivity index (χ2n) is 5.97. The summed E-state index contributed by atoms with van der Waals surface area (Å²) in [5, 5.41) is 48.1. The molecule has 1 aliphatic heterocycles. The van der Waals surface area contributed by atoms with Crippen LogP contribution in [-0.2, 0) is 11.2 Å². The SMILES string of the molecule is COc1cc(CCCO)cc(OC)c1O[C@@H]1O[C@H](CO)[C@@H](O)[C@H](O)[C@H]1O. The molecule has 0 aliphatic carbocycles. The van der Waals surface area contributed by atoms with Crippen molar-refractivity contribution < 1.29 is 44.5 Å². The van der Waals surface area contributed by atoms with Crippen LogP contribution in [0, 0.1) is 0 Å². The molecule has 0 radical (unpaired) electrons. The van der Waals surface area contributed by atoms with Crippen molar-refractivity contribution in [3.8, 4) is 17.2 Å². The number of hydrogen-bond acceptors (Lipinski definition) is 9. The Morgan fingerprint density at radius 3 is 2.08 bits per heavy atom. The van der Waals surface area contributed by atoms with Crippen LogP contribution in [0.4, 0.5) is 0 Å². The van der Waals surface area contributed by atoms with E-state index in [9.17, 15) is 20.4 Å². The molecule has 9 nitrogen and oxygen atoms in total. The number of methoxy groups -OCH3 is 2. The van der Waals surface area contributed by atoms with Crippen LogP contribution < -0.4 is 14.2 Å². The van der Waals surface area contributed by atoms with Crippen LogP contribution >= 0.6 is 0 Å². The molecule has 0 unspecified atom stereocenters. The van der Waals surface area contributed by atoms with Crippen molar-refractivity contribution in [2.75, 3.05) is 27.4 Å². The lowest BCUT2D eigenvalue weighted by molar-refractivity contribution is -0.277. The minimum atomic E-state index is -1.55. The Hall–Kier alpha value is -1.62. The topological polar surface area (TPSA) is 138 Å². The maximum atomic E-state index is 10.1. The zero-order valence-corrected chi connectivity index (χ0v) is 14.7. The van der Waals surface area contributed by atoms with E-state index in [1.54, 1.807) is 12.1 Å². The number of benzene rings is 1. The Bertz CT molecular complexity index is 552. The number of rotatable bonds is 8. The van der Waals surface area contributed by atoms with Crippen molar-refractivity contribution in [3.63, 3.8) is 0 Å². The molecule has 26 heavy (non-hydrogen) atoms. The molecule has 1 aromatic carbocycles. The summed E-state index contributed by atoms with van der Waals surface area (Å²) in [7, 11) is 2.87. The first kappa shape index (κ1) is 20.7.